The Morgan fingerprint density at radius 3 is 2.90 bits per heavy atom. The molecule has 0 aromatic heterocycles. The number of hydrogen-bond donors (Lipinski definition) is 1. The van der Waals surface area contributed by atoms with Crippen LogP contribution >= 0.6 is 23.2 Å². The molecule has 3 rings (SSSR count). The second-order valence-corrected chi connectivity index (χ2v) is 6.61. The molecule has 21 heavy (non-hydrogen) atoms. The van der Waals surface area contributed by atoms with Crippen molar-refractivity contribution in [3.63, 3.8) is 0 Å². The Labute approximate surface area is 135 Å². The van der Waals surface area contributed by atoms with E-state index in [1.165, 1.54) is 0 Å². The molecule has 0 amide bonds. The predicted molar refractivity (Wildman–Crippen MR) is 85.5 cm³/mol. The van der Waals surface area contributed by atoms with Crippen molar-refractivity contribution < 1.29 is 9.47 Å². The highest BCUT2D eigenvalue weighted by atomic mass is 35.5. The smallest absolute Gasteiger partial charge is 0.142 e. The highest BCUT2D eigenvalue weighted by Gasteiger charge is 2.29. The summed E-state index contributed by atoms with van der Waals surface area (Å²) in [7, 11) is 0. The number of fused-ring (bicyclic) bond motifs is 1. The number of benzene rings is 1. The molecular formula is C16H21Cl2NO2. The van der Waals surface area contributed by atoms with Crippen molar-refractivity contribution in [1.29, 1.82) is 0 Å². The van der Waals surface area contributed by atoms with Crippen LogP contribution in [-0.2, 0) is 4.74 Å². The molecule has 5 heteroatoms. The lowest BCUT2D eigenvalue weighted by Gasteiger charge is -2.29. The molecule has 1 saturated heterocycles. The van der Waals surface area contributed by atoms with Gasteiger partial charge in [-0.3, -0.25) is 0 Å². The van der Waals surface area contributed by atoms with Gasteiger partial charge >= 0.3 is 0 Å². The standard InChI is InChI=1S/C16H21Cl2NO2/c1-2-15-10(3-5-20-15)9-19-14-4-6-21-16-12(14)7-11(17)8-13(16)18/h7-8,10,14-15,19H,2-6,9H2,1H3. The van der Waals surface area contributed by atoms with Crippen LogP contribution in [0.25, 0.3) is 0 Å². The highest BCUT2D eigenvalue weighted by Crippen LogP contribution is 2.40. The van der Waals surface area contributed by atoms with E-state index in [1.54, 1.807) is 6.07 Å². The fourth-order valence-electron chi connectivity index (χ4n) is 3.31. The van der Waals surface area contributed by atoms with E-state index in [-0.39, 0.29) is 6.04 Å². The summed E-state index contributed by atoms with van der Waals surface area (Å²) in [5, 5.41) is 4.92. The summed E-state index contributed by atoms with van der Waals surface area (Å²) in [4.78, 5) is 0. The Kier molecular flexibility index (Phi) is 4.95. The Bertz CT molecular complexity index is 509. The van der Waals surface area contributed by atoms with Gasteiger partial charge in [0.25, 0.3) is 0 Å². The minimum absolute atomic E-state index is 0.253. The first-order valence-electron chi connectivity index (χ1n) is 7.65. The fourth-order valence-corrected chi connectivity index (χ4v) is 3.87. The van der Waals surface area contributed by atoms with E-state index < -0.39 is 0 Å². The van der Waals surface area contributed by atoms with Gasteiger partial charge in [0.05, 0.1) is 17.7 Å². The van der Waals surface area contributed by atoms with E-state index >= 15 is 0 Å². The second kappa shape index (κ2) is 6.74. The zero-order valence-electron chi connectivity index (χ0n) is 12.2. The summed E-state index contributed by atoms with van der Waals surface area (Å²) < 4.78 is 11.5. The van der Waals surface area contributed by atoms with E-state index in [4.69, 9.17) is 32.7 Å². The molecule has 1 N–H and O–H groups in total. The van der Waals surface area contributed by atoms with Crippen molar-refractivity contribution in [2.24, 2.45) is 5.92 Å². The summed E-state index contributed by atoms with van der Waals surface area (Å²) in [5.74, 6) is 1.37. The first-order valence-corrected chi connectivity index (χ1v) is 8.41. The number of halogens is 2. The molecule has 0 saturated carbocycles. The summed E-state index contributed by atoms with van der Waals surface area (Å²) >= 11 is 12.4. The zero-order chi connectivity index (χ0) is 14.8. The Hall–Kier alpha value is -0.480. The number of nitrogens with one attached hydrogen (secondary N) is 1. The van der Waals surface area contributed by atoms with Crippen molar-refractivity contribution in [2.75, 3.05) is 19.8 Å². The van der Waals surface area contributed by atoms with E-state index in [2.05, 4.69) is 12.2 Å². The molecule has 3 nitrogen and oxygen atoms in total. The highest BCUT2D eigenvalue weighted by molar-refractivity contribution is 6.35. The van der Waals surface area contributed by atoms with Crippen molar-refractivity contribution >= 4 is 23.2 Å². The van der Waals surface area contributed by atoms with Crippen LogP contribution in [0.4, 0.5) is 0 Å². The third-order valence-corrected chi connectivity index (χ3v) is 4.94. The Morgan fingerprint density at radius 2 is 2.10 bits per heavy atom. The summed E-state index contributed by atoms with van der Waals surface area (Å²) in [6.07, 6.45) is 3.54. The van der Waals surface area contributed by atoms with Crippen molar-refractivity contribution in [2.45, 2.75) is 38.3 Å². The van der Waals surface area contributed by atoms with E-state index in [0.717, 1.165) is 43.7 Å². The average Bonchev–Trinajstić information content (AvgIpc) is 2.92. The van der Waals surface area contributed by atoms with E-state index in [9.17, 15) is 0 Å². The van der Waals surface area contributed by atoms with Crippen LogP contribution in [0.15, 0.2) is 12.1 Å². The van der Waals surface area contributed by atoms with Crippen LogP contribution in [0.1, 0.15) is 37.8 Å². The first-order chi connectivity index (χ1) is 10.2. The van der Waals surface area contributed by atoms with Gasteiger partial charge in [0, 0.05) is 36.2 Å². The maximum Gasteiger partial charge on any atom is 0.142 e. The lowest BCUT2D eigenvalue weighted by Crippen LogP contribution is -2.33. The molecular weight excluding hydrogens is 309 g/mol. The maximum absolute atomic E-state index is 6.23. The molecule has 1 fully saturated rings. The Balaban J connectivity index is 1.70. The molecule has 3 unspecified atom stereocenters. The summed E-state index contributed by atoms with van der Waals surface area (Å²) in [6, 6.07) is 3.95. The molecule has 2 heterocycles. The van der Waals surface area contributed by atoms with Crippen molar-refractivity contribution in [1.82, 2.24) is 5.32 Å². The number of hydrogen-bond acceptors (Lipinski definition) is 3. The van der Waals surface area contributed by atoms with Gasteiger partial charge in [-0.1, -0.05) is 30.1 Å². The van der Waals surface area contributed by atoms with Crippen LogP contribution in [0.3, 0.4) is 0 Å². The van der Waals surface area contributed by atoms with E-state index in [0.29, 0.717) is 28.7 Å². The predicted octanol–water partition coefficient (Wildman–Crippen LogP) is 4.22. The van der Waals surface area contributed by atoms with Gasteiger partial charge < -0.3 is 14.8 Å². The molecule has 0 aliphatic carbocycles. The fraction of sp³-hybridized carbons (Fsp3) is 0.625. The van der Waals surface area contributed by atoms with Crippen LogP contribution in [0, 0.1) is 5.92 Å². The van der Waals surface area contributed by atoms with Gasteiger partial charge in [-0.25, -0.2) is 0 Å². The largest absolute Gasteiger partial charge is 0.492 e. The van der Waals surface area contributed by atoms with Gasteiger partial charge in [0.1, 0.15) is 5.75 Å². The molecule has 1 aromatic carbocycles. The minimum atomic E-state index is 0.253. The van der Waals surface area contributed by atoms with Gasteiger partial charge in [0.2, 0.25) is 0 Å². The maximum atomic E-state index is 6.23. The van der Waals surface area contributed by atoms with Crippen LogP contribution in [0.2, 0.25) is 10.0 Å². The third-order valence-electron chi connectivity index (χ3n) is 4.44. The molecule has 1 aromatic rings. The lowest BCUT2D eigenvalue weighted by molar-refractivity contribution is 0.0861. The molecule has 116 valence electrons. The topological polar surface area (TPSA) is 30.5 Å². The first kappa shape index (κ1) is 15.4. The molecule has 0 bridgehead atoms. The number of ether oxygens (including phenoxy) is 2. The molecule has 3 atom stereocenters. The quantitative estimate of drug-likeness (QED) is 0.896. The zero-order valence-corrected chi connectivity index (χ0v) is 13.7. The summed E-state index contributed by atoms with van der Waals surface area (Å²) in [6.45, 7) is 4.72. The summed E-state index contributed by atoms with van der Waals surface area (Å²) in [5.41, 5.74) is 1.07. The van der Waals surface area contributed by atoms with E-state index in [1.807, 2.05) is 6.07 Å². The van der Waals surface area contributed by atoms with Gasteiger partial charge in [-0.2, -0.15) is 0 Å². The van der Waals surface area contributed by atoms with Gasteiger partial charge in [-0.05, 0) is 30.9 Å². The minimum Gasteiger partial charge on any atom is -0.492 e. The van der Waals surface area contributed by atoms with Gasteiger partial charge in [0.15, 0.2) is 0 Å². The van der Waals surface area contributed by atoms with Crippen LogP contribution in [0.5, 0.6) is 5.75 Å². The van der Waals surface area contributed by atoms with Gasteiger partial charge in [-0.15, -0.1) is 0 Å². The molecule has 0 spiro atoms. The van der Waals surface area contributed by atoms with Crippen molar-refractivity contribution in [3.05, 3.63) is 27.7 Å². The monoisotopic (exact) mass is 329 g/mol. The van der Waals surface area contributed by atoms with Crippen molar-refractivity contribution in [3.8, 4) is 5.75 Å². The molecule has 2 aliphatic rings. The number of rotatable bonds is 4. The lowest BCUT2D eigenvalue weighted by atomic mass is 9.96. The normalized spacial score (nSPS) is 28.2. The molecule has 0 radical (unpaired) electrons. The second-order valence-electron chi connectivity index (χ2n) is 5.77. The third kappa shape index (κ3) is 3.31. The van der Waals surface area contributed by atoms with Crippen LogP contribution in [-0.4, -0.2) is 25.9 Å². The average molecular weight is 330 g/mol. The van der Waals surface area contributed by atoms with Crippen LogP contribution < -0.4 is 10.1 Å². The SMILES string of the molecule is CCC1OCCC1CNC1CCOc2c(Cl)cc(Cl)cc21. The Morgan fingerprint density at radius 1 is 1.24 bits per heavy atom. The molecule has 2 aliphatic heterocycles.